The molecule has 1 aliphatic heterocycles. The maximum Gasteiger partial charge on any atom is 0.0428 e. The van der Waals surface area contributed by atoms with Gasteiger partial charge in [-0.1, -0.05) is 6.07 Å². The first-order chi connectivity index (χ1) is 9.11. The Hall–Kier alpha value is -1.06. The van der Waals surface area contributed by atoms with E-state index in [1.807, 2.05) is 0 Å². The minimum atomic E-state index is 0.541. The zero-order valence-electron chi connectivity index (χ0n) is 12.5. The quantitative estimate of drug-likeness (QED) is 0.905. The lowest BCUT2D eigenvalue weighted by atomic mass is 10.1. The third-order valence-electron chi connectivity index (χ3n) is 4.22. The molecule has 2 rings (SSSR count). The van der Waals surface area contributed by atoms with Crippen LogP contribution in [-0.2, 0) is 0 Å². The summed E-state index contributed by atoms with van der Waals surface area (Å²) in [6.07, 6.45) is 2.29. The van der Waals surface area contributed by atoms with Crippen LogP contribution in [0.4, 0.5) is 5.69 Å². The predicted octanol–water partition coefficient (Wildman–Crippen LogP) is 2.16. The summed E-state index contributed by atoms with van der Waals surface area (Å²) in [7, 11) is 2.22. The van der Waals surface area contributed by atoms with Gasteiger partial charge in [-0.3, -0.25) is 0 Å². The number of benzene rings is 1. The van der Waals surface area contributed by atoms with E-state index in [2.05, 4.69) is 48.9 Å². The Morgan fingerprint density at radius 3 is 2.68 bits per heavy atom. The van der Waals surface area contributed by atoms with Crippen LogP contribution in [0.2, 0.25) is 0 Å². The number of nitrogens with two attached hydrogens (primary N) is 1. The van der Waals surface area contributed by atoms with Crippen molar-refractivity contribution in [3.8, 4) is 0 Å². The number of hydrogen-bond acceptors (Lipinski definition) is 3. The van der Waals surface area contributed by atoms with Crippen molar-refractivity contribution in [2.24, 2.45) is 5.73 Å². The summed E-state index contributed by atoms with van der Waals surface area (Å²) in [4.78, 5) is 4.99. The highest BCUT2D eigenvalue weighted by molar-refractivity contribution is 5.51. The largest absolute Gasteiger partial charge is 0.367 e. The molecule has 3 heteroatoms. The molecule has 0 aromatic heterocycles. The van der Waals surface area contributed by atoms with E-state index >= 15 is 0 Å². The zero-order valence-corrected chi connectivity index (χ0v) is 12.5. The Bertz CT molecular complexity index is 416. The van der Waals surface area contributed by atoms with E-state index < -0.39 is 0 Å². The van der Waals surface area contributed by atoms with Gasteiger partial charge in [-0.2, -0.15) is 0 Å². The molecule has 2 N–H and O–H groups in total. The first kappa shape index (κ1) is 14.4. The standard InChI is InChI=1S/C16H27N3/c1-13-5-6-15(11-14(13)2)19-10-4-9-18(3)12-16(19)7-8-17/h5-6,11,16H,4,7-10,12,17H2,1-3H3. The van der Waals surface area contributed by atoms with E-state index in [4.69, 9.17) is 5.73 Å². The van der Waals surface area contributed by atoms with Gasteiger partial charge in [0.05, 0.1) is 0 Å². The molecule has 1 unspecified atom stereocenters. The minimum Gasteiger partial charge on any atom is -0.367 e. The maximum absolute atomic E-state index is 5.80. The van der Waals surface area contributed by atoms with Crippen molar-refractivity contribution in [2.75, 3.05) is 38.1 Å². The van der Waals surface area contributed by atoms with Crippen LogP contribution in [0.3, 0.4) is 0 Å². The summed E-state index contributed by atoms with van der Waals surface area (Å²) < 4.78 is 0. The lowest BCUT2D eigenvalue weighted by Gasteiger charge is -2.33. The molecule has 106 valence electrons. The molecule has 0 aliphatic carbocycles. The fourth-order valence-electron chi connectivity index (χ4n) is 2.93. The van der Waals surface area contributed by atoms with Crippen LogP contribution < -0.4 is 10.6 Å². The summed E-state index contributed by atoms with van der Waals surface area (Å²) in [6.45, 7) is 8.57. The van der Waals surface area contributed by atoms with Crippen LogP contribution in [0.1, 0.15) is 24.0 Å². The van der Waals surface area contributed by atoms with E-state index in [-0.39, 0.29) is 0 Å². The fraction of sp³-hybridized carbons (Fsp3) is 0.625. The van der Waals surface area contributed by atoms with E-state index in [1.165, 1.54) is 29.8 Å². The number of likely N-dealkylation sites (N-methyl/N-ethyl adjacent to an activating group) is 1. The van der Waals surface area contributed by atoms with Crippen LogP contribution >= 0.6 is 0 Å². The predicted molar refractivity (Wildman–Crippen MR) is 82.8 cm³/mol. The van der Waals surface area contributed by atoms with Gasteiger partial charge in [-0.05, 0) is 70.1 Å². The molecule has 1 heterocycles. The summed E-state index contributed by atoms with van der Waals surface area (Å²) in [5.74, 6) is 0. The fourth-order valence-corrected chi connectivity index (χ4v) is 2.93. The molecule has 1 aromatic carbocycles. The molecule has 0 bridgehead atoms. The molecule has 0 amide bonds. The van der Waals surface area contributed by atoms with Crippen LogP contribution in [0.5, 0.6) is 0 Å². The zero-order chi connectivity index (χ0) is 13.8. The van der Waals surface area contributed by atoms with Crippen molar-refractivity contribution in [3.63, 3.8) is 0 Å². The number of hydrogen-bond donors (Lipinski definition) is 1. The third kappa shape index (κ3) is 3.48. The van der Waals surface area contributed by atoms with Gasteiger partial charge < -0.3 is 15.5 Å². The van der Waals surface area contributed by atoms with Crippen molar-refractivity contribution >= 4 is 5.69 Å². The molecule has 1 atom stereocenters. The van der Waals surface area contributed by atoms with Gasteiger partial charge in [-0.15, -0.1) is 0 Å². The molecule has 3 nitrogen and oxygen atoms in total. The highest BCUT2D eigenvalue weighted by Crippen LogP contribution is 2.24. The molecule has 1 saturated heterocycles. The molecule has 0 spiro atoms. The van der Waals surface area contributed by atoms with Crippen LogP contribution in [0.25, 0.3) is 0 Å². The molecule has 0 radical (unpaired) electrons. The Morgan fingerprint density at radius 1 is 1.21 bits per heavy atom. The molecular weight excluding hydrogens is 234 g/mol. The monoisotopic (exact) mass is 261 g/mol. The van der Waals surface area contributed by atoms with Gasteiger partial charge in [0.1, 0.15) is 0 Å². The van der Waals surface area contributed by atoms with E-state index in [1.54, 1.807) is 0 Å². The minimum absolute atomic E-state index is 0.541. The smallest absolute Gasteiger partial charge is 0.0428 e. The Kier molecular flexibility index (Phi) is 4.83. The second-order valence-electron chi connectivity index (χ2n) is 5.81. The van der Waals surface area contributed by atoms with Crippen molar-refractivity contribution < 1.29 is 0 Å². The first-order valence-electron chi connectivity index (χ1n) is 7.34. The first-order valence-corrected chi connectivity index (χ1v) is 7.34. The third-order valence-corrected chi connectivity index (χ3v) is 4.22. The number of aryl methyl sites for hydroxylation is 2. The van der Waals surface area contributed by atoms with Gasteiger partial charge >= 0.3 is 0 Å². The van der Waals surface area contributed by atoms with E-state index in [0.29, 0.717) is 6.04 Å². The molecule has 1 aromatic rings. The molecule has 19 heavy (non-hydrogen) atoms. The Labute approximate surface area is 117 Å². The molecule has 0 saturated carbocycles. The molecule has 1 aliphatic rings. The van der Waals surface area contributed by atoms with Crippen molar-refractivity contribution in [3.05, 3.63) is 29.3 Å². The Balaban J connectivity index is 2.24. The second kappa shape index (κ2) is 6.40. The topological polar surface area (TPSA) is 32.5 Å². The normalized spacial score (nSPS) is 21.5. The van der Waals surface area contributed by atoms with Gasteiger partial charge in [-0.25, -0.2) is 0 Å². The lowest BCUT2D eigenvalue weighted by molar-refractivity contribution is 0.326. The van der Waals surface area contributed by atoms with Crippen LogP contribution in [0, 0.1) is 13.8 Å². The van der Waals surface area contributed by atoms with Crippen molar-refractivity contribution in [1.29, 1.82) is 0 Å². The van der Waals surface area contributed by atoms with Crippen molar-refractivity contribution in [2.45, 2.75) is 32.7 Å². The maximum atomic E-state index is 5.80. The average Bonchev–Trinajstić information content (AvgIpc) is 2.55. The average molecular weight is 261 g/mol. The lowest BCUT2D eigenvalue weighted by Crippen LogP contribution is -2.41. The van der Waals surface area contributed by atoms with E-state index in [9.17, 15) is 0 Å². The SMILES string of the molecule is Cc1ccc(N2CCCN(C)CC2CCN)cc1C. The van der Waals surface area contributed by atoms with Gasteiger partial charge in [0.2, 0.25) is 0 Å². The summed E-state index contributed by atoms with van der Waals surface area (Å²) in [5.41, 5.74) is 9.91. The van der Waals surface area contributed by atoms with E-state index in [0.717, 1.165) is 26.1 Å². The summed E-state index contributed by atoms with van der Waals surface area (Å²) in [5, 5.41) is 0. The number of nitrogens with zero attached hydrogens (tertiary/aromatic N) is 2. The molecule has 1 fully saturated rings. The van der Waals surface area contributed by atoms with Gasteiger partial charge in [0, 0.05) is 24.8 Å². The number of rotatable bonds is 3. The van der Waals surface area contributed by atoms with Gasteiger partial charge in [0.25, 0.3) is 0 Å². The van der Waals surface area contributed by atoms with Crippen molar-refractivity contribution in [1.82, 2.24) is 4.90 Å². The number of anilines is 1. The Morgan fingerprint density at radius 2 is 2.00 bits per heavy atom. The highest BCUT2D eigenvalue weighted by Gasteiger charge is 2.23. The van der Waals surface area contributed by atoms with Gasteiger partial charge in [0.15, 0.2) is 0 Å². The molecular formula is C16H27N3. The van der Waals surface area contributed by atoms with Crippen LogP contribution in [0.15, 0.2) is 18.2 Å². The second-order valence-corrected chi connectivity index (χ2v) is 5.81. The highest BCUT2D eigenvalue weighted by atomic mass is 15.2. The summed E-state index contributed by atoms with van der Waals surface area (Å²) in [6, 6.07) is 7.36. The van der Waals surface area contributed by atoms with Crippen LogP contribution in [-0.4, -0.2) is 44.2 Å². The summed E-state index contributed by atoms with van der Waals surface area (Å²) >= 11 is 0.